The Labute approximate surface area is 74.0 Å². The first-order valence-electron chi connectivity index (χ1n) is 4.73. The van der Waals surface area contributed by atoms with Gasteiger partial charge in [0.1, 0.15) is 6.29 Å². The molecule has 0 spiro atoms. The fraction of sp³-hybridized carbons (Fsp3) is 0.900. The molecule has 0 aromatic heterocycles. The summed E-state index contributed by atoms with van der Waals surface area (Å²) in [5.41, 5.74) is -0.473. The van der Waals surface area contributed by atoms with Crippen LogP contribution >= 0.6 is 0 Å². The molecule has 1 aliphatic carbocycles. The molecule has 0 heterocycles. The highest BCUT2D eigenvalue weighted by Gasteiger charge is 2.30. The molecule has 2 heteroatoms. The molecule has 1 rings (SSSR count). The summed E-state index contributed by atoms with van der Waals surface area (Å²) in [6, 6.07) is 0. The van der Waals surface area contributed by atoms with Gasteiger partial charge in [-0.05, 0) is 38.5 Å². The number of rotatable bonds is 2. The maximum Gasteiger partial charge on any atom is 0.123 e. The zero-order valence-corrected chi connectivity index (χ0v) is 7.92. The largest absolute Gasteiger partial charge is 0.390 e. The van der Waals surface area contributed by atoms with Crippen molar-refractivity contribution in [2.45, 2.75) is 45.1 Å². The van der Waals surface area contributed by atoms with Gasteiger partial charge in [0.15, 0.2) is 0 Å². The van der Waals surface area contributed by atoms with Crippen molar-refractivity contribution in [3.05, 3.63) is 0 Å². The zero-order valence-electron chi connectivity index (χ0n) is 7.92. The summed E-state index contributed by atoms with van der Waals surface area (Å²) in [7, 11) is 0. The van der Waals surface area contributed by atoms with Gasteiger partial charge < -0.3 is 9.90 Å². The summed E-state index contributed by atoms with van der Waals surface area (Å²) in [5, 5.41) is 9.66. The molecular weight excluding hydrogens is 152 g/mol. The molecule has 2 nitrogen and oxygen atoms in total. The summed E-state index contributed by atoms with van der Waals surface area (Å²) in [6.45, 7) is 3.85. The van der Waals surface area contributed by atoms with E-state index >= 15 is 0 Å². The first kappa shape index (κ1) is 9.72. The number of carbonyl (C=O) groups excluding carboxylic acids is 1. The van der Waals surface area contributed by atoms with Crippen molar-refractivity contribution in [2.24, 2.45) is 11.8 Å². The molecule has 1 unspecified atom stereocenters. The molecule has 1 fully saturated rings. The average Bonchev–Trinajstić information content (AvgIpc) is 2.03. The summed E-state index contributed by atoms with van der Waals surface area (Å²) >= 11 is 0. The Hall–Kier alpha value is -0.370. The Kier molecular flexibility index (Phi) is 2.89. The third-order valence-corrected chi connectivity index (χ3v) is 3.07. The van der Waals surface area contributed by atoms with Crippen molar-refractivity contribution in [3.8, 4) is 0 Å². The lowest BCUT2D eigenvalue weighted by Crippen LogP contribution is -2.32. The van der Waals surface area contributed by atoms with Gasteiger partial charge in [-0.3, -0.25) is 0 Å². The normalized spacial score (nSPS) is 39.1. The van der Waals surface area contributed by atoms with Gasteiger partial charge in [-0.25, -0.2) is 0 Å². The van der Waals surface area contributed by atoms with Crippen molar-refractivity contribution < 1.29 is 9.90 Å². The fourth-order valence-electron chi connectivity index (χ4n) is 1.90. The molecule has 0 radical (unpaired) electrons. The van der Waals surface area contributed by atoms with E-state index in [0.717, 1.165) is 32.0 Å². The van der Waals surface area contributed by atoms with Gasteiger partial charge >= 0.3 is 0 Å². The van der Waals surface area contributed by atoms with E-state index in [-0.39, 0.29) is 5.92 Å². The van der Waals surface area contributed by atoms with Crippen LogP contribution in [0.2, 0.25) is 0 Å². The molecule has 0 bridgehead atoms. The molecular formula is C10H18O2. The van der Waals surface area contributed by atoms with Crippen molar-refractivity contribution in [1.82, 2.24) is 0 Å². The minimum atomic E-state index is -0.473. The smallest absolute Gasteiger partial charge is 0.123 e. The maximum absolute atomic E-state index is 10.5. The molecule has 1 N–H and O–H groups in total. The highest BCUT2D eigenvalue weighted by Crippen LogP contribution is 2.34. The number of hydrogen-bond donors (Lipinski definition) is 1. The van der Waals surface area contributed by atoms with Gasteiger partial charge in [-0.15, -0.1) is 0 Å². The Morgan fingerprint density at radius 2 is 2.00 bits per heavy atom. The number of hydrogen-bond acceptors (Lipinski definition) is 2. The predicted octanol–water partition coefficient (Wildman–Crippen LogP) is 1.76. The van der Waals surface area contributed by atoms with Crippen LogP contribution in [0, 0.1) is 11.8 Å². The Morgan fingerprint density at radius 1 is 1.50 bits per heavy atom. The molecule has 1 aliphatic rings. The van der Waals surface area contributed by atoms with Gasteiger partial charge in [-0.2, -0.15) is 0 Å². The van der Waals surface area contributed by atoms with Crippen LogP contribution in [-0.2, 0) is 4.79 Å². The first-order chi connectivity index (χ1) is 5.55. The Morgan fingerprint density at radius 3 is 2.42 bits per heavy atom. The van der Waals surface area contributed by atoms with Crippen LogP contribution in [0.5, 0.6) is 0 Å². The lowest BCUT2D eigenvalue weighted by atomic mass is 9.75. The third kappa shape index (κ3) is 2.31. The molecule has 0 amide bonds. The predicted molar refractivity (Wildman–Crippen MR) is 47.8 cm³/mol. The second-order valence-corrected chi connectivity index (χ2v) is 4.33. The summed E-state index contributed by atoms with van der Waals surface area (Å²) < 4.78 is 0. The molecule has 0 aromatic carbocycles. The SMILES string of the molecule is CC(C=O)C1CCC(C)(O)CC1. The van der Waals surface area contributed by atoms with Crippen LogP contribution in [0.1, 0.15) is 39.5 Å². The number of carbonyl (C=O) groups is 1. The third-order valence-electron chi connectivity index (χ3n) is 3.07. The first-order valence-corrected chi connectivity index (χ1v) is 4.73. The van der Waals surface area contributed by atoms with Crippen LogP contribution in [0.15, 0.2) is 0 Å². The minimum absolute atomic E-state index is 0.168. The second kappa shape index (κ2) is 3.56. The Bertz CT molecular complexity index is 153. The van der Waals surface area contributed by atoms with Crippen molar-refractivity contribution in [1.29, 1.82) is 0 Å². The van der Waals surface area contributed by atoms with E-state index in [1.807, 2.05) is 13.8 Å². The van der Waals surface area contributed by atoms with Crippen molar-refractivity contribution >= 4 is 6.29 Å². The maximum atomic E-state index is 10.5. The van der Waals surface area contributed by atoms with E-state index in [4.69, 9.17) is 0 Å². The van der Waals surface area contributed by atoms with Crippen molar-refractivity contribution in [3.63, 3.8) is 0 Å². The van der Waals surface area contributed by atoms with Crippen LogP contribution < -0.4 is 0 Å². The van der Waals surface area contributed by atoms with Gasteiger partial charge in [0.25, 0.3) is 0 Å². The topological polar surface area (TPSA) is 37.3 Å². The van der Waals surface area contributed by atoms with Crippen LogP contribution in [0.25, 0.3) is 0 Å². The monoisotopic (exact) mass is 170 g/mol. The highest BCUT2D eigenvalue weighted by atomic mass is 16.3. The van der Waals surface area contributed by atoms with Gasteiger partial charge in [-0.1, -0.05) is 6.92 Å². The van der Waals surface area contributed by atoms with E-state index in [2.05, 4.69) is 0 Å². The standard InChI is InChI=1S/C10H18O2/c1-8(7-11)9-3-5-10(2,12)6-4-9/h7-9,12H,3-6H2,1-2H3. The minimum Gasteiger partial charge on any atom is -0.390 e. The molecule has 70 valence electrons. The number of aliphatic hydroxyl groups is 1. The summed E-state index contributed by atoms with van der Waals surface area (Å²) in [5.74, 6) is 0.670. The van der Waals surface area contributed by atoms with E-state index in [9.17, 15) is 9.90 Å². The van der Waals surface area contributed by atoms with Gasteiger partial charge in [0.05, 0.1) is 5.60 Å². The van der Waals surface area contributed by atoms with E-state index in [0.29, 0.717) is 5.92 Å². The molecule has 1 saturated carbocycles. The van der Waals surface area contributed by atoms with E-state index < -0.39 is 5.60 Å². The fourth-order valence-corrected chi connectivity index (χ4v) is 1.90. The summed E-state index contributed by atoms with van der Waals surface area (Å²) in [4.78, 5) is 10.5. The zero-order chi connectivity index (χ0) is 9.19. The van der Waals surface area contributed by atoms with Crippen molar-refractivity contribution in [2.75, 3.05) is 0 Å². The molecule has 0 saturated heterocycles. The Balaban J connectivity index is 2.40. The lowest BCUT2D eigenvalue weighted by molar-refractivity contribution is -0.113. The molecule has 0 aliphatic heterocycles. The second-order valence-electron chi connectivity index (χ2n) is 4.33. The van der Waals surface area contributed by atoms with Crippen LogP contribution in [-0.4, -0.2) is 17.0 Å². The molecule has 12 heavy (non-hydrogen) atoms. The lowest BCUT2D eigenvalue weighted by Gasteiger charge is -2.34. The van der Waals surface area contributed by atoms with Crippen LogP contribution in [0.4, 0.5) is 0 Å². The van der Waals surface area contributed by atoms with E-state index in [1.165, 1.54) is 0 Å². The van der Waals surface area contributed by atoms with Gasteiger partial charge in [0.2, 0.25) is 0 Å². The molecule has 0 aromatic rings. The molecule has 1 atom stereocenters. The quantitative estimate of drug-likeness (QED) is 0.641. The van der Waals surface area contributed by atoms with Crippen LogP contribution in [0.3, 0.4) is 0 Å². The summed E-state index contributed by atoms with van der Waals surface area (Å²) in [6.07, 6.45) is 4.70. The van der Waals surface area contributed by atoms with Gasteiger partial charge in [0, 0.05) is 5.92 Å². The average molecular weight is 170 g/mol. The number of aldehydes is 1. The van der Waals surface area contributed by atoms with E-state index in [1.54, 1.807) is 0 Å². The highest BCUT2D eigenvalue weighted by molar-refractivity contribution is 5.53.